The van der Waals surface area contributed by atoms with Gasteiger partial charge >= 0.3 is 0 Å². The molecule has 4 heteroatoms. The van der Waals surface area contributed by atoms with Gasteiger partial charge in [-0.1, -0.05) is 25.1 Å². The van der Waals surface area contributed by atoms with Gasteiger partial charge in [0.1, 0.15) is 5.82 Å². The number of amides is 1. The molecule has 3 nitrogen and oxygen atoms in total. The lowest BCUT2D eigenvalue weighted by atomic mass is 9.93. The van der Waals surface area contributed by atoms with Gasteiger partial charge < -0.3 is 5.32 Å². The zero-order valence-corrected chi connectivity index (χ0v) is 14.3. The number of nitrogens with one attached hydrogen (secondary N) is 1. The Balaban J connectivity index is 1.87. The van der Waals surface area contributed by atoms with Crippen LogP contribution in [0.5, 0.6) is 0 Å². The predicted octanol–water partition coefficient (Wildman–Crippen LogP) is 3.47. The molecule has 2 rings (SSSR count). The first-order chi connectivity index (χ1) is 10.9. The fourth-order valence-corrected chi connectivity index (χ4v) is 2.99. The number of carbonyl (C=O) groups is 1. The summed E-state index contributed by atoms with van der Waals surface area (Å²) in [5.74, 6) is 0.199. The average molecular weight is 318 g/mol. The maximum absolute atomic E-state index is 13.5. The van der Waals surface area contributed by atoms with Crippen molar-refractivity contribution in [1.29, 1.82) is 0 Å². The molecule has 0 radical (unpaired) electrons. The van der Waals surface area contributed by atoms with E-state index in [2.05, 4.69) is 31.0 Å². The van der Waals surface area contributed by atoms with Crippen LogP contribution in [-0.2, 0) is 4.79 Å². The van der Waals surface area contributed by atoms with E-state index < -0.39 is 0 Å². The fourth-order valence-electron chi connectivity index (χ4n) is 2.99. The van der Waals surface area contributed by atoms with E-state index in [0.29, 0.717) is 18.0 Å². The fraction of sp³-hybridized carbons (Fsp3) is 0.526. The summed E-state index contributed by atoms with van der Waals surface area (Å²) in [7, 11) is 0. The van der Waals surface area contributed by atoms with Gasteiger partial charge in [0, 0.05) is 30.3 Å². The van der Waals surface area contributed by atoms with E-state index in [1.165, 1.54) is 31.1 Å². The molecule has 1 fully saturated rings. The van der Waals surface area contributed by atoms with E-state index in [4.69, 9.17) is 0 Å². The van der Waals surface area contributed by atoms with Crippen LogP contribution in [0.15, 0.2) is 30.3 Å². The molecule has 1 aromatic carbocycles. The third kappa shape index (κ3) is 5.17. The van der Waals surface area contributed by atoms with Crippen molar-refractivity contribution >= 4 is 12.0 Å². The van der Waals surface area contributed by atoms with Gasteiger partial charge in [-0.25, -0.2) is 4.39 Å². The van der Waals surface area contributed by atoms with Crippen molar-refractivity contribution in [2.24, 2.45) is 5.92 Å². The SMILES string of the molecule is C[C@@H]1CCCN(C(C)(C)CNC(=O)/C=C/c2ccccc2F)C1. The molecular weight excluding hydrogens is 291 g/mol. The number of benzene rings is 1. The Kier molecular flexibility index (Phi) is 5.94. The molecule has 0 unspecified atom stereocenters. The molecule has 1 N–H and O–H groups in total. The van der Waals surface area contributed by atoms with Crippen molar-refractivity contribution in [1.82, 2.24) is 10.2 Å². The molecular formula is C19H27FN2O. The van der Waals surface area contributed by atoms with Crippen molar-refractivity contribution in [2.45, 2.75) is 39.2 Å². The number of nitrogens with zero attached hydrogens (tertiary/aromatic N) is 1. The van der Waals surface area contributed by atoms with E-state index >= 15 is 0 Å². The van der Waals surface area contributed by atoms with Crippen LogP contribution in [-0.4, -0.2) is 36.0 Å². The Morgan fingerprint density at radius 3 is 2.87 bits per heavy atom. The highest BCUT2D eigenvalue weighted by Gasteiger charge is 2.30. The first-order valence-corrected chi connectivity index (χ1v) is 8.34. The molecule has 1 aliphatic rings. The van der Waals surface area contributed by atoms with Crippen LogP contribution in [0.25, 0.3) is 6.08 Å². The van der Waals surface area contributed by atoms with E-state index in [-0.39, 0.29) is 17.3 Å². The standard InChI is InChI=1S/C19H27FN2O/c1-15-7-6-12-22(13-15)19(2,3)14-21-18(23)11-10-16-8-4-5-9-17(16)20/h4-5,8-11,15H,6-7,12-14H2,1-3H3,(H,21,23)/b11-10+/t15-/m1/s1. The van der Waals surface area contributed by atoms with Gasteiger partial charge in [-0.15, -0.1) is 0 Å². The lowest BCUT2D eigenvalue weighted by Crippen LogP contribution is -2.54. The van der Waals surface area contributed by atoms with E-state index in [1.807, 2.05) is 0 Å². The monoisotopic (exact) mass is 318 g/mol. The van der Waals surface area contributed by atoms with Gasteiger partial charge in [-0.3, -0.25) is 9.69 Å². The van der Waals surface area contributed by atoms with E-state index in [9.17, 15) is 9.18 Å². The van der Waals surface area contributed by atoms with Gasteiger partial charge in [0.05, 0.1) is 0 Å². The summed E-state index contributed by atoms with van der Waals surface area (Å²) < 4.78 is 13.5. The largest absolute Gasteiger partial charge is 0.351 e. The third-order valence-corrected chi connectivity index (χ3v) is 4.53. The quantitative estimate of drug-likeness (QED) is 0.843. The number of likely N-dealkylation sites (tertiary alicyclic amines) is 1. The summed E-state index contributed by atoms with van der Waals surface area (Å²) in [6.07, 6.45) is 5.41. The van der Waals surface area contributed by atoms with Crippen LogP contribution in [0.3, 0.4) is 0 Å². The number of hydrogen-bond acceptors (Lipinski definition) is 2. The molecule has 0 bridgehead atoms. The third-order valence-electron chi connectivity index (χ3n) is 4.53. The number of halogens is 1. The van der Waals surface area contributed by atoms with Crippen LogP contribution >= 0.6 is 0 Å². The van der Waals surface area contributed by atoms with E-state index in [1.54, 1.807) is 18.2 Å². The highest BCUT2D eigenvalue weighted by molar-refractivity contribution is 5.91. The minimum Gasteiger partial charge on any atom is -0.351 e. The van der Waals surface area contributed by atoms with Gasteiger partial charge in [-0.05, 0) is 51.3 Å². The second-order valence-electron chi connectivity index (χ2n) is 7.08. The smallest absolute Gasteiger partial charge is 0.244 e. The van der Waals surface area contributed by atoms with Crippen molar-refractivity contribution < 1.29 is 9.18 Å². The molecule has 1 aliphatic heterocycles. The first kappa shape index (κ1) is 17.7. The molecule has 126 valence electrons. The van der Waals surface area contributed by atoms with Crippen LogP contribution in [0.2, 0.25) is 0 Å². The Morgan fingerprint density at radius 1 is 1.43 bits per heavy atom. The number of hydrogen-bond donors (Lipinski definition) is 1. The van der Waals surface area contributed by atoms with Crippen molar-refractivity contribution in [3.8, 4) is 0 Å². The normalized spacial score (nSPS) is 19.9. The van der Waals surface area contributed by atoms with Crippen LogP contribution < -0.4 is 5.32 Å². The molecule has 1 heterocycles. The maximum atomic E-state index is 13.5. The van der Waals surface area contributed by atoms with Crippen molar-refractivity contribution in [3.63, 3.8) is 0 Å². The summed E-state index contributed by atoms with van der Waals surface area (Å²) in [6, 6.07) is 6.42. The van der Waals surface area contributed by atoms with Gasteiger partial charge in [0.25, 0.3) is 0 Å². The van der Waals surface area contributed by atoms with Crippen LogP contribution in [0.4, 0.5) is 4.39 Å². The minimum absolute atomic E-state index is 0.0732. The molecule has 1 amide bonds. The molecule has 1 aromatic rings. The Bertz CT molecular complexity index is 568. The van der Waals surface area contributed by atoms with Gasteiger partial charge in [0.2, 0.25) is 5.91 Å². The van der Waals surface area contributed by atoms with Crippen molar-refractivity contribution in [2.75, 3.05) is 19.6 Å². The number of piperidine rings is 1. The van der Waals surface area contributed by atoms with Crippen LogP contribution in [0.1, 0.15) is 39.2 Å². The highest BCUT2D eigenvalue weighted by atomic mass is 19.1. The molecule has 23 heavy (non-hydrogen) atoms. The topological polar surface area (TPSA) is 32.3 Å². The summed E-state index contributed by atoms with van der Waals surface area (Å²) in [5, 5.41) is 2.93. The first-order valence-electron chi connectivity index (χ1n) is 8.34. The molecule has 0 spiro atoms. The highest BCUT2D eigenvalue weighted by Crippen LogP contribution is 2.23. The minimum atomic E-state index is -0.320. The predicted molar refractivity (Wildman–Crippen MR) is 92.5 cm³/mol. The summed E-state index contributed by atoms with van der Waals surface area (Å²) >= 11 is 0. The summed E-state index contributed by atoms with van der Waals surface area (Å²) in [6.45, 7) is 9.34. The lowest BCUT2D eigenvalue weighted by molar-refractivity contribution is -0.117. The molecule has 0 aromatic heterocycles. The second-order valence-corrected chi connectivity index (χ2v) is 7.08. The zero-order chi connectivity index (χ0) is 16.9. The number of rotatable bonds is 5. The van der Waals surface area contributed by atoms with Crippen molar-refractivity contribution in [3.05, 3.63) is 41.7 Å². The van der Waals surface area contributed by atoms with Gasteiger partial charge in [-0.2, -0.15) is 0 Å². The van der Waals surface area contributed by atoms with E-state index in [0.717, 1.165) is 13.1 Å². The molecule has 0 saturated carbocycles. The maximum Gasteiger partial charge on any atom is 0.244 e. The lowest BCUT2D eigenvalue weighted by Gasteiger charge is -2.43. The molecule has 0 aliphatic carbocycles. The Hall–Kier alpha value is -1.68. The molecule has 1 saturated heterocycles. The molecule has 1 atom stereocenters. The Morgan fingerprint density at radius 2 is 2.17 bits per heavy atom. The van der Waals surface area contributed by atoms with Gasteiger partial charge in [0.15, 0.2) is 0 Å². The summed E-state index contributed by atoms with van der Waals surface area (Å²) in [4.78, 5) is 14.4. The average Bonchev–Trinajstić information content (AvgIpc) is 2.52. The zero-order valence-electron chi connectivity index (χ0n) is 14.3. The second kappa shape index (κ2) is 7.73. The summed E-state index contributed by atoms with van der Waals surface area (Å²) in [5.41, 5.74) is 0.350. The van der Waals surface area contributed by atoms with Crippen LogP contribution in [0, 0.1) is 11.7 Å². The Labute approximate surface area is 138 Å². The number of carbonyl (C=O) groups excluding carboxylic acids is 1.